The molecule has 6 heteroatoms. The SMILES string of the molecule is CCCCOc1ccc(CN2C(=O)C3(OCCCO3)c3cc(C)cc(C)c32)cc1OC. The molecule has 166 valence electrons. The van der Waals surface area contributed by atoms with Gasteiger partial charge in [-0.1, -0.05) is 31.0 Å². The van der Waals surface area contributed by atoms with E-state index < -0.39 is 5.79 Å². The molecule has 1 fully saturated rings. The van der Waals surface area contributed by atoms with Gasteiger partial charge in [0.25, 0.3) is 11.7 Å². The molecule has 2 aliphatic rings. The fourth-order valence-corrected chi connectivity index (χ4v) is 4.36. The predicted octanol–water partition coefficient (Wildman–Crippen LogP) is 4.63. The van der Waals surface area contributed by atoms with E-state index >= 15 is 0 Å². The van der Waals surface area contributed by atoms with Crippen LogP contribution in [0.3, 0.4) is 0 Å². The fourth-order valence-electron chi connectivity index (χ4n) is 4.36. The van der Waals surface area contributed by atoms with Crippen molar-refractivity contribution in [2.24, 2.45) is 0 Å². The summed E-state index contributed by atoms with van der Waals surface area (Å²) in [5, 5.41) is 0. The summed E-state index contributed by atoms with van der Waals surface area (Å²) in [5.74, 6) is -0.119. The summed E-state index contributed by atoms with van der Waals surface area (Å²) in [6, 6.07) is 9.93. The molecule has 0 atom stereocenters. The number of anilines is 1. The van der Waals surface area contributed by atoms with E-state index in [1.54, 1.807) is 12.0 Å². The highest BCUT2D eigenvalue weighted by Gasteiger charge is 2.55. The van der Waals surface area contributed by atoms with Crippen LogP contribution in [0.15, 0.2) is 30.3 Å². The maximum Gasteiger partial charge on any atom is 0.292 e. The number of methoxy groups -OCH3 is 1. The number of fused-ring (bicyclic) bond motifs is 2. The lowest BCUT2D eigenvalue weighted by molar-refractivity contribution is -0.256. The summed E-state index contributed by atoms with van der Waals surface area (Å²) < 4.78 is 23.4. The Hall–Kier alpha value is -2.57. The van der Waals surface area contributed by atoms with Crippen LogP contribution in [0.1, 0.15) is 48.4 Å². The van der Waals surface area contributed by atoms with Crippen molar-refractivity contribution in [3.05, 3.63) is 52.6 Å². The Morgan fingerprint density at radius 2 is 1.87 bits per heavy atom. The molecule has 4 rings (SSSR count). The van der Waals surface area contributed by atoms with Crippen molar-refractivity contribution in [2.45, 2.75) is 52.4 Å². The van der Waals surface area contributed by atoms with Crippen LogP contribution in [-0.2, 0) is 26.6 Å². The van der Waals surface area contributed by atoms with Gasteiger partial charge in [-0.15, -0.1) is 0 Å². The lowest BCUT2D eigenvalue weighted by atomic mass is 10.00. The molecule has 2 heterocycles. The number of ether oxygens (including phenoxy) is 4. The van der Waals surface area contributed by atoms with Crippen molar-refractivity contribution in [3.8, 4) is 11.5 Å². The smallest absolute Gasteiger partial charge is 0.292 e. The van der Waals surface area contributed by atoms with E-state index in [0.29, 0.717) is 32.1 Å². The summed E-state index contributed by atoms with van der Waals surface area (Å²) in [6.07, 6.45) is 2.85. The molecule has 31 heavy (non-hydrogen) atoms. The highest BCUT2D eigenvalue weighted by molar-refractivity contribution is 6.07. The molecule has 1 spiro atoms. The van der Waals surface area contributed by atoms with Crippen molar-refractivity contribution >= 4 is 11.6 Å². The molecule has 6 nitrogen and oxygen atoms in total. The van der Waals surface area contributed by atoms with Gasteiger partial charge in [-0.25, -0.2) is 0 Å². The molecule has 1 amide bonds. The summed E-state index contributed by atoms with van der Waals surface area (Å²) in [6.45, 7) is 8.24. The van der Waals surface area contributed by atoms with E-state index in [0.717, 1.165) is 53.0 Å². The molecule has 2 aromatic rings. The van der Waals surface area contributed by atoms with E-state index in [2.05, 4.69) is 13.0 Å². The molecule has 0 bridgehead atoms. The maximum absolute atomic E-state index is 13.6. The summed E-state index contributed by atoms with van der Waals surface area (Å²) in [4.78, 5) is 15.4. The molecule has 2 aromatic carbocycles. The highest BCUT2D eigenvalue weighted by atomic mass is 16.7. The minimum Gasteiger partial charge on any atom is -0.493 e. The monoisotopic (exact) mass is 425 g/mol. The van der Waals surface area contributed by atoms with Gasteiger partial charge in [0, 0.05) is 5.56 Å². The number of hydrogen-bond acceptors (Lipinski definition) is 5. The number of rotatable bonds is 7. The second-order valence-corrected chi connectivity index (χ2v) is 8.22. The largest absolute Gasteiger partial charge is 0.493 e. The Morgan fingerprint density at radius 1 is 1.10 bits per heavy atom. The van der Waals surface area contributed by atoms with Crippen molar-refractivity contribution in [2.75, 3.05) is 31.8 Å². The number of carbonyl (C=O) groups excluding carboxylic acids is 1. The molecule has 0 aromatic heterocycles. The summed E-state index contributed by atoms with van der Waals surface area (Å²) in [7, 11) is 1.63. The Kier molecular flexibility index (Phi) is 6.21. The standard InChI is InChI=1S/C25H31NO5/c1-5-6-10-29-21-9-8-19(15-22(21)28-4)16-26-23-18(3)13-17(2)14-20(23)25(24(26)27)30-11-7-12-31-25/h8-9,13-15H,5-7,10-12,16H2,1-4H3. The van der Waals surface area contributed by atoms with Crippen LogP contribution in [0.5, 0.6) is 11.5 Å². The Bertz CT molecular complexity index is 965. The second kappa shape index (κ2) is 8.89. The van der Waals surface area contributed by atoms with Gasteiger partial charge in [0.1, 0.15) is 0 Å². The Balaban J connectivity index is 1.67. The van der Waals surface area contributed by atoms with Gasteiger partial charge in [-0.05, 0) is 56.0 Å². The third-order valence-corrected chi connectivity index (χ3v) is 5.82. The van der Waals surface area contributed by atoms with Crippen molar-refractivity contribution in [3.63, 3.8) is 0 Å². The molecular weight excluding hydrogens is 394 g/mol. The number of benzene rings is 2. The molecule has 0 radical (unpaired) electrons. The molecule has 0 N–H and O–H groups in total. The zero-order valence-electron chi connectivity index (χ0n) is 18.8. The first-order chi connectivity index (χ1) is 15.0. The molecule has 0 aliphatic carbocycles. The van der Waals surface area contributed by atoms with Crippen LogP contribution in [0.4, 0.5) is 5.69 Å². The van der Waals surface area contributed by atoms with Gasteiger partial charge in [0.2, 0.25) is 0 Å². The molecule has 1 saturated heterocycles. The third-order valence-electron chi connectivity index (χ3n) is 5.82. The number of carbonyl (C=O) groups is 1. The van der Waals surface area contributed by atoms with Crippen LogP contribution in [0.25, 0.3) is 0 Å². The maximum atomic E-state index is 13.6. The van der Waals surface area contributed by atoms with Crippen LogP contribution in [0.2, 0.25) is 0 Å². The summed E-state index contributed by atoms with van der Waals surface area (Å²) >= 11 is 0. The first-order valence-electron chi connectivity index (χ1n) is 11.0. The fraction of sp³-hybridized carbons (Fsp3) is 0.480. The first-order valence-corrected chi connectivity index (χ1v) is 11.0. The summed E-state index contributed by atoms with van der Waals surface area (Å²) in [5.41, 5.74) is 4.75. The topological polar surface area (TPSA) is 57.2 Å². The van der Waals surface area contributed by atoms with E-state index in [4.69, 9.17) is 18.9 Å². The van der Waals surface area contributed by atoms with Gasteiger partial charge >= 0.3 is 0 Å². The highest BCUT2D eigenvalue weighted by Crippen LogP contribution is 2.48. The minimum absolute atomic E-state index is 0.168. The number of unbranched alkanes of at least 4 members (excludes halogenated alkanes) is 1. The first kappa shape index (κ1) is 21.7. The zero-order chi connectivity index (χ0) is 22.0. The molecular formula is C25H31NO5. The number of aryl methyl sites for hydroxylation is 2. The lowest BCUT2D eigenvalue weighted by Crippen LogP contribution is -2.47. The van der Waals surface area contributed by atoms with E-state index in [-0.39, 0.29) is 5.91 Å². The van der Waals surface area contributed by atoms with Gasteiger partial charge in [-0.3, -0.25) is 4.79 Å². The molecule has 0 unspecified atom stereocenters. The number of amides is 1. The second-order valence-electron chi connectivity index (χ2n) is 8.22. The van der Waals surface area contributed by atoms with E-state index in [9.17, 15) is 4.79 Å². The third kappa shape index (κ3) is 3.90. The van der Waals surface area contributed by atoms with Crippen molar-refractivity contribution in [1.29, 1.82) is 0 Å². The quantitative estimate of drug-likeness (QED) is 0.606. The molecule has 2 aliphatic heterocycles. The van der Waals surface area contributed by atoms with Crippen LogP contribution in [0, 0.1) is 13.8 Å². The average molecular weight is 426 g/mol. The lowest BCUT2D eigenvalue weighted by Gasteiger charge is -2.32. The van der Waals surface area contributed by atoms with Crippen LogP contribution >= 0.6 is 0 Å². The average Bonchev–Trinajstić information content (AvgIpc) is 2.98. The number of hydrogen-bond donors (Lipinski definition) is 0. The van der Waals surface area contributed by atoms with Gasteiger partial charge in [0.15, 0.2) is 11.5 Å². The van der Waals surface area contributed by atoms with Gasteiger partial charge < -0.3 is 23.8 Å². The van der Waals surface area contributed by atoms with E-state index in [1.807, 2.05) is 38.1 Å². The predicted molar refractivity (Wildman–Crippen MR) is 119 cm³/mol. The zero-order valence-corrected chi connectivity index (χ0v) is 18.8. The number of nitrogens with zero attached hydrogens (tertiary/aromatic N) is 1. The molecule has 0 saturated carbocycles. The normalized spacial score (nSPS) is 17.2. The van der Waals surface area contributed by atoms with Crippen LogP contribution < -0.4 is 14.4 Å². The minimum atomic E-state index is -1.34. The van der Waals surface area contributed by atoms with Gasteiger partial charge in [0.05, 0.1) is 39.2 Å². The van der Waals surface area contributed by atoms with Crippen LogP contribution in [-0.4, -0.2) is 32.8 Å². The Morgan fingerprint density at radius 3 is 2.58 bits per heavy atom. The van der Waals surface area contributed by atoms with E-state index in [1.165, 1.54) is 0 Å². The van der Waals surface area contributed by atoms with Crippen molar-refractivity contribution in [1.82, 2.24) is 0 Å². The van der Waals surface area contributed by atoms with Crippen molar-refractivity contribution < 1.29 is 23.7 Å². The Labute approximate surface area is 184 Å². The van der Waals surface area contributed by atoms with Gasteiger partial charge in [-0.2, -0.15) is 0 Å².